The predicted molar refractivity (Wildman–Crippen MR) is 71.9 cm³/mol. The second-order valence-electron chi connectivity index (χ2n) is 6.23. The summed E-state index contributed by atoms with van der Waals surface area (Å²) >= 11 is 3.70. The van der Waals surface area contributed by atoms with Crippen LogP contribution >= 0.6 is 15.9 Å². The van der Waals surface area contributed by atoms with Gasteiger partial charge in [-0.15, -0.1) is 0 Å². The summed E-state index contributed by atoms with van der Waals surface area (Å²) in [6.45, 7) is 2.78. The van der Waals surface area contributed by atoms with E-state index in [1.54, 1.807) is 25.7 Å². The molecule has 3 rings (SSSR count). The summed E-state index contributed by atoms with van der Waals surface area (Å²) < 4.78 is 0. The Balaban J connectivity index is 1.56. The van der Waals surface area contributed by atoms with Gasteiger partial charge in [0, 0.05) is 17.9 Å². The number of hydrogen-bond acceptors (Lipinski definition) is 1. The Hall–Kier alpha value is 0.440. The molecule has 1 heterocycles. The van der Waals surface area contributed by atoms with Crippen LogP contribution in [0.25, 0.3) is 0 Å². The van der Waals surface area contributed by atoms with Gasteiger partial charge in [-0.2, -0.15) is 0 Å². The van der Waals surface area contributed by atoms with E-state index in [1.807, 2.05) is 0 Å². The maximum Gasteiger partial charge on any atom is 0.0192 e. The number of piperidine rings is 1. The summed E-state index contributed by atoms with van der Waals surface area (Å²) in [5, 5.41) is 1.19. The third-order valence-corrected chi connectivity index (χ3v) is 6.03. The van der Waals surface area contributed by atoms with Crippen molar-refractivity contribution >= 4 is 15.9 Å². The summed E-state index contributed by atoms with van der Waals surface area (Å²) in [7, 11) is 0. The molecule has 2 heteroatoms. The first-order valence-corrected chi connectivity index (χ1v) is 8.29. The topological polar surface area (TPSA) is 3.24 Å². The Morgan fingerprint density at radius 2 is 2.00 bits per heavy atom. The minimum Gasteiger partial charge on any atom is -0.299 e. The lowest BCUT2D eigenvalue weighted by Gasteiger charge is -2.38. The second kappa shape index (κ2) is 4.97. The van der Waals surface area contributed by atoms with Crippen LogP contribution in [0.1, 0.15) is 44.9 Å². The molecular formula is C14H24BrN. The third kappa shape index (κ3) is 2.20. The Morgan fingerprint density at radius 3 is 2.69 bits per heavy atom. The minimum atomic E-state index is 0.841. The molecule has 0 aromatic heterocycles. The first-order chi connectivity index (χ1) is 7.86. The van der Waals surface area contributed by atoms with E-state index in [0.29, 0.717) is 0 Å². The average Bonchev–Trinajstić information content (AvgIpc) is 2.92. The van der Waals surface area contributed by atoms with Crippen LogP contribution in [-0.2, 0) is 0 Å². The standard InChI is InChI=1S/C14H24BrN/c15-9-14-3-1-2-6-16(14)10-13-8-11-4-5-12(13)7-11/h11-14H,1-10H2. The first-order valence-electron chi connectivity index (χ1n) is 7.17. The molecule has 0 aromatic rings. The zero-order valence-corrected chi connectivity index (χ0v) is 11.8. The van der Waals surface area contributed by atoms with E-state index < -0.39 is 0 Å². The van der Waals surface area contributed by atoms with Gasteiger partial charge in [-0.25, -0.2) is 0 Å². The van der Waals surface area contributed by atoms with Crippen molar-refractivity contribution in [2.24, 2.45) is 17.8 Å². The molecule has 1 aliphatic heterocycles. The molecule has 2 aliphatic carbocycles. The van der Waals surface area contributed by atoms with Crippen molar-refractivity contribution in [3.05, 3.63) is 0 Å². The number of rotatable bonds is 3. The summed E-state index contributed by atoms with van der Waals surface area (Å²) in [5.74, 6) is 3.27. The SMILES string of the molecule is BrCC1CCCCN1CC1CC2CCC1C2. The summed E-state index contributed by atoms with van der Waals surface area (Å²) in [6.07, 6.45) is 10.5. The van der Waals surface area contributed by atoms with Crippen molar-refractivity contribution < 1.29 is 0 Å². The van der Waals surface area contributed by atoms with Gasteiger partial charge in [-0.1, -0.05) is 28.8 Å². The molecule has 2 saturated carbocycles. The zero-order valence-electron chi connectivity index (χ0n) is 10.2. The van der Waals surface area contributed by atoms with E-state index in [4.69, 9.17) is 0 Å². The molecule has 1 saturated heterocycles. The minimum absolute atomic E-state index is 0.841. The first kappa shape index (κ1) is 11.5. The van der Waals surface area contributed by atoms with Crippen LogP contribution in [0.3, 0.4) is 0 Å². The molecule has 16 heavy (non-hydrogen) atoms. The Bertz CT molecular complexity index is 243. The van der Waals surface area contributed by atoms with Gasteiger partial charge in [-0.05, 0) is 56.4 Å². The fraction of sp³-hybridized carbons (Fsp3) is 1.00. The van der Waals surface area contributed by atoms with E-state index >= 15 is 0 Å². The molecule has 2 bridgehead atoms. The van der Waals surface area contributed by atoms with Crippen molar-refractivity contribution in [1.82, 2.24) is 4.90 Å². The highest BCUT2D eigenvalue weighted by Crippen LogP contribution is 2.48. The van der Waals surface area contributed by atoms with Crippen LogP contribution in [-0.4, -0.2) is 29.4 Å². The molecular weight excluding hydrogens is 262 g/mol. The molecule has 0 amide bonds. The molecule has 4 atom stereocenters. The molecule has 3 fully saturated rings. The molecule has 0 N–H and O–H groups in total. The Labute approximate surface area is 108 Å². The van der Waals surface area contributed by atoms with E-state index in [0.717, 1.165) is 23.8 Å². The predicted octanol–water partition coefficient (Wildman–Crippen LogP) is 3.67. The molecule has 0 radical (unpaired) electrons. The van der Waals surface area contributed by atoms with Gasteiger partial charge in [0.2, 0.25) is 0 Å². The molecule has 0 aromatic carbocycles. The fourth-order valence-corrected chi connectivity index (χ4v) is 5.11. The number of nitrogens with zero attached hydrogens (tertiary/aromatic N) is 1. The van der Waals surface area contributed by atoms with Crippen LogP contribution in [0.15, 0.2) is 0 Å². The summed E-state index contributed by atoms with van der Waals surface area (Å²) in [6, 6.07) is 0.841. The molecule has 4 unspecified atom stereocenters. The largest absolute Gasteiger partial charge is 0.299 e. The van der Waals surface area contributed by atoms with Crippen molar-refractivity contribution in [1.29, 1.82) is 0 Å². The van der Waals surface area contributed by atoms with Gasteiger partial charge < -0.3 is 0 Å². The normalized spacial score (nSPS) is 44.1. The average molecular weight is 286 g/mol. The molecule has 92 valence electrons. The smallest absolute Gasteiger partial charge is 0.0192 e. The van der Waals surface area contributed by atoms with Gasteiger partial charge in [0.1, 0.15) is 0 Å². The van der Waals surface area contributed by atoms with E-state index in [9.17, 15) is 0 Å². The van der Waals surface area contributed by atoms with Crippen molar-refractivity contribution in [2.75, 3.05) is 18.4 Å². The monoisotopic (exact) mass is 285 g/mol. The van der Waals surface area contributed by atoms with Gasteiger partial charge >= 0.3 is 0 Å². The van der Waals surface area contributed by atoms with Crippen LogP contribution in [0.2, 0.25) is 0 Å². The molecule has 0 spiro atoms. The second-order valence-corrected chi connectivity index (χ2v) is 6.88. The lowest BCUT2D eigenvalue weighted by Crippen LogP contribution is -2.44. The van der Waals surface area contributed by atoms with Crippen LogP contribution in [0.4, 0.5) is 0 Å². The lowest BCUT2D eigenvalue weighted by molar-refractivity contribution is 0.120. The van der Waals surface area contributed by atoms with Gasteiger partial charge in [-0.3, -0.25) is 4.90 Å². The summed E-state index contributed by atoms with van der Waals surface area (Å²) in [4.78, 5) is 2.80. The van der Waals surface area contributed by atoms with E-state index in [1.165, 1.54) is 37.7 Å². The highest BCUT2D eigenvalue weighted by Gasteiger charge is 2.40. The quantitative estimate of drug-likeness (QED) is 0.715. The lowest BCUT2D eigenvalue weighted by atomic mass is 9.87. The van der Waals surface area contributed by atoms with Crippen LogP contribution in [0, 0.1) is 17.8 Å². The maximum absolute atomic E-state index is 3.70. The number of fused-ring (bicyclic) bond motifs is 2. The van der Waals surface area contributed by atoms with Crippen molar-refractivity contribution in [3.8, 4) is 0 Å². The number of alkyl halides is 1. The van der Waals surface area contributed by atoms with Gasteiger partial charge in [0.25, 0.3) is 0 Å². The van der Waals surface area contributed by atoms with Crippen molar-refractivity contribution in [2.45, 2.75) is 51.0 Å². The fourth-order valence-electron chi connectivity index (χ4n) is 4.38. The highest BCUT2D eigenvalue weighted by atomic mass is 79.9. The maximum atomic E-state index is 3.70. The van der Waals surface area contributed by atoms with Gasteiger partial charge in [0.15, 0.2) is 0 Å². The zero-order chi connectivity index (χ0) is 11.0. The molecule has 3 aliphatic rings. The van der Waals surface area contributed by atoms with E-state index in [2.05, 4.69) is 20.8 Å². The van der Waals surface area contributed by atoms with E-state index in [-0.39, 0.29) is 0 Å². The number of likely N-dealkylation sites (tertiary alicyclic amines) is 1. The third-order valence-electron chi connectivity index (χ3n) is 5.28. The van der Waals surface area contributed by atoms with Gasteiger partial charge in [0.05, 0.1) is 0 Å². The number of hydrogen-bond donors (Lipinski definition) is 0. The Kier molecular flexibility index (Phi) is 3.58. The van der Waals surface area contributed by atoms with Crippen molar-refractivity contribution in [3.63, 3.8) is 0 Å². The van der Waals surface area contributed by atoms with Crippen LogP contribution in [0.5, 0.6) is 0 Å². The summed E-state index contributed by atoms with van der Waals surface area (Å²) in [5.41, 5.74) is 0. The highest BCUT2D eigenvalue weighted by molar-refractivity contribution is 9.09. The number of halogens is 1. The Morgan fingerprint density at radius 1 is 1.06 bits per heavy atom. The van der Waals surface area contributed by atoms with Crippen LogP contribution < -0.4 is 0 Å². The molecule has 1 nitrogen and oxygen atoms in total.